The van der Waals surface area contributed by atoms with Crippen LogP contribution < -0.4 is 19.5 Å². The van der Waals surface area contributed by atoms with Gasteiger partial charge in [0.1, 0.15) is 11.7 Å². The van der Waals surface area contributed by atoms with Gasteiger partial charge in [-0.2, -0.15) is 0 Å². The van der Waals surface area contributed by atoms with Crippen molar-refractivity contribution in [1.82, 2.24) is 4.90 Å². The second kappa shape index (κ2) is 8.38. The van der Waals surface area contributed by atoms with E-state index in [1.54, 1.807) is 25.2 Å². The maximum Gasteiger partial charge on any atom is 0.237 e. The van der Waals surface area contributed by atoms with Crippen molar-refractivity contribution in [2.75, 3.05) is 40.2 Å². The summed E-state index contributed by atoms with van der Waals surface area (Å²) in [5.41, 5.74) is 0.717. The highest BCUT2D eigenvalue weighted by atomic mass is 19.1. The van der Waals surface area contributed by atoms with Crippen LogP contribution in [0.3, 0.4) is 0 Å². The molecule has 0 aliphatic carbocycles. The fourth-order valence-electron chi connectivity index (χ4n) is 3.58. The van der Waals surface area contributed by atoms with Crippen molar-refractivity contribution in [2.24, 2.45) is 5.92 Å². The zero-order chi connectivity index (χ0) is 21.1. The third-order valence-corrected chi connectivity index (χ3v) is 5.04. The summed E-state index contributed by atoms with van der Waals surface area (Å²) < 4.78 is 30.1. The number of ether oxygens (including phenoxy) is 3. The van der Waals surface area contributed by atoms with Gasteiger partial charge in [0, 0.05) is 19.5 Å². The molecule has 1 saturated heterocycles. The van der Waals surface area contributed by atoms with Crippen LogP contribution in [-0.4, -0.2) is 51.6 Å². The summed E-state index contributed by atoms with van der Waals surface area (Å²) in [6.45, 7) is 0.326. The molecule has 2 atom stereocenters. The molecule has 1 aliphatic heterocycles. The quantitative estimate of drug-likeness (QED) is 0.752. The van der Waals surface area contributed by atoms with Gasteiger partial charge in [-0.25, -0.2) is 4.39 Å². The van der Waals surface area contributed by atoms with Gasteiger partial charge in [0.15, 0.2) is 11.5 Å². The number of para-hydroxylation sites is 1. The number of carbonyl (C=O) groups is 2. The van der Waals surface area contributed by atoms with Gasteiger partial charge in [-0.15, -0.1) is 0 Å². The molecule has 2 aromatic rings. The molecule has 7 nitrogen and oxygen atoms in total. The zero-order valence-corrected chi connectivity index (χ0v) is 16.7. The summed E-state index contributed by atoms with van der Waals surface area (Å²) in [4.78, 5) is 27.1. The van der Waals surface area contributed by atoms with E-state index in [0.717, 1.165) is 0 Å². The fourth-order valence-corrected chi connectivity index (χ4v) is 3.58. The Labute approximate surface area is 168 Å². The first kappa shape index (κ1) is 20.4. The van der Waals surface area contributed by atoms with Crippen molar-refractivity contribution < 1.29 is 28.2 Å². The minimum atomic E-state index is -1.01. The lowest BCUT2D eigenvalue weighted by Gasteiger charge is -2.20. The second-order valence-electron chi connectivity index (χ2n) is 6.73. The Bertz CT molecular complexity index is 908. The van der Waals surface area contributed by atoms with Crippen LogP contribution in [0.4, 0.5) is 10.1 Å². The number of rotatable bonds is 6. The number of amides is 2. The van der Waals surface area contributed by atoms with Crippen LogP contribution in [-0.2, 0) is 9.59 Å². The van der Waals surface area contributed by atoms with Crippen molar-refractivity contribution in [3.05, 3.63) is 47.8 Å². The van der Waals surface area contributed by atoms with Gasteiger partial charge in [0.05, 0.1) is 27.0 Å². The van der Waals surface area contributed by atoms with Crippen LogP contribution in [0.1, 0.15) is 11.5 Å². The fraction of sp³-hybridized carbons (Fsp3) is 0.333. The summed E-state index contributed by atoms with van der Waals surface area (Å²) >= 11 is 0. The lowest BCUT2D eigenvalue weighted by atomic mass is 9.87. The summed E-state index contributed by atoms with van der Waals surface area (Å²) in [6.07, 6.45) is 0. The van der Waals surface area contributed by atoms with Gasteiger partial charge >= 0.3 is 0 Å². The van der Waals surface area contributed by atoms with E-state index < -0.39 is 23.6 Å². The Hall–Kier alpha value is -3.29. The Morgan fingerprint density at radius 3 is 2.28 bits per heavy atom. The SMILES string of the molecule is COc1cc([C@H]2CN(C)C(=O)[C@@H]2C(=O)Nc2ccccc2F)cc(OC)c1OC. The summed E-state index contributed by atoms with van der Waals surface area (Å²) in [6, 6.07) is 9.28. The third-order valence-electron chi connectivity index (χ3n) is 5.04. The topological polar surface area (TPSA) is 77.1 Å². The van der Waals surface area contributed by atoms with Crippen LogP contribution in [0.5, 0.6) is 17.2 Å². The van der Waals surface area contributed by atoms with E-state index in [2.05, 4.69) is 5.32 Å². The highest BCUT2D eigenvalue weighted by Crippen LogP contribution is 2.43. The molecule has 1 aliphatic rings. The molecule has 8 heteroatoms. The molecule has 1 heterocycles. The molecule has 1 fully saturated rings. The van der Waals surface area contributed by atoms with Gasteiger partial charge in [-0.1, -0.05) is 12.1 Å². The summed E-state index contributed by atoms with van der Waals surface area (Å²) in [7, 11) is 6.12. The lowest BCUT2D eigenvalue weighted by Crippen LogP contribution is -2.33. The van der Waals surface area contributed by atoms with Crippen LogP contribution in [0.2, 0.25) is 0 Å². The molecular weight excluding hydrogens is 379 g/mol. The van der Waals surface area contributed by atoms with Crippen molar-refractivity contribution in [1.29, 1.82) is 0 Å². The predicted octanol–water partition coefficient (Wildman–Crippen LogP) is 2.66. The number of hydrogen-bond acceptors (Lipinski definition) is 5. The molecule has 2 amide bonds. The van der Waals surface area contributed by atoms with Gasteiger partial charge in [0.2, 0.25) is 17.6 Å². The van der Waals surface area contributed by atoms with Crippen LogP contribution >= 0.6 is 0 Å². The van der Waals surface area contributed by atoms with Crippen molar-refractivity contribution in [3.63, 3.8) is 0 Å². The minimum Gasteiger partial charge on any atom is -0.493 e. The van der Waals surface area contributed by atoms with Gasteiger partial charge < -0.3 is 24.4 Å². The first-order valence-electron chi connectivity index (χ1n) is 9.01. The number of carbonyl (C=O) groups excluding carboxylic acids is 2. The number of likely N-dealkylation sites (N-methyl/N-ethyl adjacent to an activating group) is 1. The van der Waals surface area contributed by atoms with Gasteiger partial charge in [0.25, 0.3) is 0 Å². The first-order valence-corrected chi connectivity index (χ1v) is 9.01. The zero-order valence-electron chi connectivity index (χ0n) is 16.7. The van der Waals surface area contributed by atoms with Crippen LogP contribution in [0.25, 0.3) is 0 Å². The number of benzene rings is 2. The van der Waals surface area contributed by atoms with Gasteiger partial charge in [-0.05, 0) is 29.8 Å². The third kappa shape index (κ3) is 3.83. The number of nitrogens with one attached hydrogen (secondary N) is 1. The van der Waals surface area contributed by atoms with E-state index >= 15 is 0 Å². The van der Waals surface area contributed by atoms with E-state index in [1.807, 2.05) is 0 Å². The molecule has 0 saturated carbocycles. The lowest BCUT2D eigenvalue weighted by molar-refractivity contribution is -0.135. The molecule has 0 bridgehead atoms. The molecule has 0 aromatic heterocycles. The highest BCUT2D eigenvalue weighted by Gasteiger charge is 2.45. The molecule has 2 aromatic carbocycles. The smallest absolute Gasteiger partial charge is 0.237 e. The molecule has 0 spiro atoms. The largest absolute Gasteiger partial charge is 0.493 e. The number of methoxy groups -OCH3 is 3. The number of likely N-dealkylation sites (tertiary alicyclic amines) is 1. The first-order chi connectivity index (χ1) is 13.9. The van der Waals surface area contributed by atoms with E-state index in [4.69, 9.17) is 14.2 Å². The number of nitrogens with zero attached hydrogens (tertiary/aromatic N) is 1. The minimum absolute atomic E-state index is 0.0310. The van der Waals surface area contributed by atoms with Crippen molar-refractivity contribution >= 4 is 17.5 Å². The highest BCUT2D eigenvalue weighted by molar-refractivity contribution is 6.08. The number of halogens is 1. The molecular formula is C21H23FN2O5. The molecule has 1 N–H and O–H groups in total. The van der Waals surface area contributed by atoms with E-state index in [-0.39, 0.29) is 11.6 Å². The maximum absolute atomic E-state index is 14.0. The van der Waals surface area contributed by atoms with Crippen LogP contribution in [0, 0.1) is 11.7 Å². The number of hydrogen-bond donors (Lipinski definition) is 1. The molecule has 0 unspecified atom stereocenters. The molecule has 154 valence electrons. The maximum atomic E-state index is 14.0. The van der Waals surface area contributed by atoms with Crippen molar-refractivity contribution in [3.8, 4) is 17.2 Å². The summed E-state index contributed by atoms with van der Waals surface area (Å²) in [5, 5.41) is 2.53. The normalized spacial score (nSPS) is 18.5. The molecule has 29 heavy (non-hydrogen) atoms. The van der Waals surface area contributed by atoms with E-state index in [9.17, 15) is 14.0 Å². The van der Waals surface area contributed by atoms with Crippen molar-refractivity contribution in [2.45, 2.75) is 5.92 Å². The van der Waals surface area contributed by atoms with E-state index in [1.165, 1.54) is 44.4 Å². The Morgan fingerprint density at radius 2 is 1.72 bits per heavy atom. The van der Waals surface area contributed by atoms with E-state index in [0.29, 0.717) is 29.4 Å². The predicted molar refractivity (Wildman–Crippen MR) is 105 cm³/mol. The molecule has 0 radical (unpaired) electrons. The summed E-state index contributed by atoms with van der Waals surface area (Å²) in [5.74, 6) is -1.67. The standard InChI is InChI=1S/C21H23FN2O5/c1-24-11-13(12-9-16(27-2)19(29-4)17(10-12)28-3)18(21(24)26)20(25)23-15-8-6-5-7-14(15)22/h5-10,13,18H,11H2,1-4H3,(H,23,25)/t13-,18+/m1/s1. The number of anilines is 1. The Kier molecular flexibility index (Phi) is 5.91. The van der Waals surface area contributed by atoms with Gasteiger partial charge in [-0.3, -0.25) is 9.59 Å². The Balaban J connectivity index is 1.98. The van der Waals surface area contributed by atoms with Crippen LogP contribution in [0.15, 0.2) is 36.4 Å². The second-order valence-corrected chi connectivity index (χ2v) is 6.73. The Morgan fingerprint density at radius 1 is 1.10 bits per heavy atom. The average molecular weight is 402 g/mol. The average Bonchev–Trinajstić information content (AvgIpc) is 3.03. The monoisotopic (exact) mass is 402 g/mol. The molecule has 3 rings (SSSR count).